The maximum Gasteiger partial charge on any atom is 0.237 e. The fraction of sp³-hybridized carbons (Fsp3) is 0.643. The summed E-state index contributed by atoms with van der Waals surface area (Å²) in [7, 11) is 0. The summed E-state index contributed by atoms with van der Waals surface area (Å²) in [5.41, 5.74) is 0.832. The van der Waals surface area contributed by atoms with E-state index in [1.165, 1.54) is 18.3 Å². The van der Waals surface area contributed by atoms with Crippen molar-refractivity contribution in [1.82, 2.24) is 15.6 Å². The van der Waals surface area contributed by atoms with Crippen LogP contribution in [0.3, 0.4) is 0 Å². The molecular weight excluding hydrogens is 288 g/mol. The molecule has 0 aliphatic carbocycles. The average Bonchev–Trinajstić information content (AvgIpc) is 2.84. The molecule has 118 valence electrons. The smallest absolute Gasteiger partial charge is 0.237 e. The second kappa shape index (κ2) is 8.09. The number of carbonyl (C=O) groups is 2. The van der Waals surface area contributed by atoms with E-state index in [0.29, 0.717) is 18.2 Å². The summed E-state index contributed by atoms with van der Waals surface area (Å²) in [5, 5.41) is 8.59. The van der Waals surface area contributed by atoms with Crippen LogP contribution in [-0.2, 0) is 16.1 Å². The summed E-state index contributed by atoms with van der Waals surface area (Å²) < 4.78 is 0. The molecule has 1 atom stereocenters. The lowest BCUT2D eigenvalue weighted by molar-refractivity contribution is -0.123. The van der Waals surface area contributed by atoms with Crippen LogP contribution in [0, 0.1) is 0 Å². The molecular formula is C14H24N4O2S. The number of anilines is 1. The number of thiazole rings is 1. The van der Waals surface area contributed by atoms with Crippen molar-refractivity contribution >= 4 is 28.3 Å². The van der Waals surface area contributed by atoms with Crippen LogP contribution >= 0.6 is 11.3 Å². The van der Waals surface area contributed by atoms with Gasteiger partial charge in [0, 0.05) is 31.4 Å². The third kappa shape index (κ3) is 5.43. The van der Waals surface area contributed by atoms with Crippen molar-refractivity contribution in [3.05, 3.63) is 11.1 Å². The Kier molecular flexibility index (Phi) is 6.77. The van der Waals surface area contributed by atoms with Gasteiger partial charge in [-0.3, -0.25) is 14.5 Å². The van der Waals surface area contributed by atoms with Crippen LogP contribution in [0.15, 0.2) is 5.38 Å². The van der Waals surface area contributed by atoms with Gasteiger partial charge < -0.3 is 10.6 Å². The predicted molar refractivity (Wildman–Crippen MR) is 85.4 cm³/mol. The maximum absolute atomic E-state index is 11.8. The third-order valence-corrected chi connectivity index (χ3v) is 3.79. The molecule has 0 saturated carbocycles. The molecule has 1 rings (SSSR count). The van der Waals surface area contributed by atoms with Gasteiger partial charge in [-0.25, -0.2) is 4.98 Å². The number of rotatable bonds is 7. The molecule has 2 N–H and O–H groups in total. The Morgan fingerprint density at radius 2 is 2.05 bits per heavy atom. The molecule has 0 aromatic carbocycles. The van der Waals surface area contributed by atoms with Gasteiger partial charge in [-0.2, -0.15) is 0 Å². The molecule has 0 fully saturated rings. The topological polar surface area (TPSA) is 74.3 Å². The van der Waals surface area contributed by atoms with Crippen LogP contribution < -0.4 is 15.5 Å². The van der Waals surface area contributed by atoms with Gasteiger partial charge in [0.2, 0.25) is 11.8 Å². The second-order valence-corrected chi connectivity index (χ2v) is 5.99. The van der Waals surface area contributed by atoms with Gasteiger partial charge in [-0.1, -0.05) is 0 Å². The highest BCUT2D eigenvalue weighted by Gasteiger charge is 2.16. The number of aromatic nitrogens is 1. The third-order valence-electron chi connectivity index (χ3n) is 2.88. The fourth-order valence-electron chi connectivity index (χ4n) is 1.75. The number of carbonyl (C=O) groups excluding carboxylic acids is 2. The summed E-state index contributed by atoms with van der Waals surface area (Å²) in [6, 6.07) is -0.158. The Labute approximate surface area is 129 Å². The zero-order valence-electron chi connectivity index (χ0n) is 13.3. The zero-order chi connectivity index (χ0) is 16.0. The molecule has 2 amide bonds. The molecule has 1 aromatic heterocycles. The van der Waals surface area contributed by atoms with Gasteiger partial charge in [-0.15, -0.1) is 11.3 Å². The molecule has 1 heterocycles. The number of nitrogens with zero attached hydrogens (tertiary/aromatic N) is 2. The van der Waals surface area contributed by atoms with Gasteiger partial charge >= 0.3 is 0 Å². The Morgan fingerprint density at radius 3 is 2.57 bits per heavy atom. The largest absolute Gasteiger partial charge is 0.353 e. The molecule has 0 bridgehead atoms. The molecule has 1 unspecified atom stereocenters. The summed E-state index contributed by atoms with van der Waals surface area (Å²) in [5.74, 6) is -0.0459. The fourth-order valence-corrected chi connectivity index (χ4v) is 2.69. The van der Waals surface area contributed by atoms with E-state index in [0.717, 1.165) is 5.69 Å². The first-order valence-corrected chi connectivity index (χ1v) is 7.99. The van der Waals surface area contributed by atoms with E-state index < -0.39 is 0 Å². The molecule has 0 aliphatic rings. The van der Waals surface area contributed by atoms with E-state index in [1.54, 1.807) is 4.90 Å². The Balaban J connectivity index is 2.55. The lowest BCUT2D eigenvalue weighted by Crippen LogP contribution is -2.44. The SMILES string of the molecule is CCN(C(C)=O)c1nc(CNC(C)C(=O)NC(C)C)cs1. The standard InChI is InChI=1S/C14H24N4O2S/c1-6-18(11(5)19)14-17-12(8-21-14)7-15-10(4)13(20)16-9(2)3/h8-10,15H,6-7H2,1-5H3,(H,16,20). The average molecular weight is 312 g/mol. The lowest BCUT2D eigenvalue weighted by Gasteiger charge is -2.16. The zero-order valence-corrected chi connectivity index (χ0v) is 14.1. The highest BCUT2D eigenvalue weighted by Crippen LogP contribution is 2.20. The van der Waals surface area contributed by atoms with Crippen LogP contribution in [-0.4, -0.2) is 35.4 Å². The van der Waals surface area contributed by atoms with Crippen molar-refractivity contribution in [3.8, 4) is 0 Å². The molecule has 21 heavy (non-hydrogen) atoms. The first kappa shape index (κ1) is 17.6. The Hall–Kier alpha value is -1.47. The van der Waals surface area contributed by atoms with E-state index in [9.17, 15) is 9.59 Å². The molecule has 0 radical (unpaired) electrons. The molecule has 0 saturated heterocycles. The van der Waals surface area contributed by atoms with E-state index in [2.05, 4.69) is 15.6 Å². The number of hydrogen-bond donors (Lipinski definition) is 2. The van der Waals surface area contributed by atoms with Crippen LogP contribution in [0.2, 0.25) is 0 Å². The molecule has 1 aromatic rings. The summed E-state index contributed by atoms with van der Waals surface area (Å²) in [4.78, 5) is 29.3. The monoisotopic (exact) mass is 312 g/mol. The van der Waals surface area contributed by atoms with E-state index in [1.807, 2.05) is 33.1 Å². The number of amides is 2. The first-order valence-electron chi connectivity index (χ1n) is 7.11. The lowest BCUT2D eigenvalue weighted by atomic mass is 10.2. The van der Waals surface area contributed by atoms with Crippen molar-refractivity contribution in [1.29, 1.82) is 0 Å². The Morgan fingerprint density at radius 1 is 1.38 bits per heavy atom. The van der Waals surface area contributed by atoms with Crippen LogP contribution in [0.4, 0.5) is 5.13 Å². The van der Waals surface area contributed by atoms with Crippen LogP contribution in [0.5, 0.6) is 0 Å². The van der Waals surface area contributed by atoms with Crippen molar-refractivity contribution in [2.75, 3.05) is 11.4 Å². The predicted octanol–water partition coefficient (Wildman–Crippen LogP) is 1.52. The highest BCUT2D eigenvalue weighted by molar-refractivity contribution is 7.14. The maximum atomic E-state index is 11.8. The van der Waals surface area contributed by atoms with E-state index >= 15 is 0 Å². The second-order valence-electron chi connectivity index (χ2n) is 5.15. The summed E-state index contributed by atoms with van der Waals surface area (Å²) in [6.07, 6.45) is 0. The molecule has 0 aliphatic heterocycles. The minimum absolute atomic E-state index is 0.0176. The number of hydrogen-bond acceptors (Lipinski definition) is 5. The Bertz CT molecular complexity index is 487. The summed E-state index contributed by atoms with van der Waals surface area (Å²) in [6.45, 7) is 10.2. The van der Waals surface area contributed by atoms with Gasteiger partial charge in [-0.05, 0) is 27.7 Å². The van der Waals surface area contributed by atoms with Gasteiger partial charge in [0.05, 0.1) is 11.7 Å². The van der Waals surface area contributed by atoms with Gasteiger partial charge in [0.25, 0.3) is 0 Å². The van der Waals surface area contributed by atoms with E-state index in [-0.39, 0.29) is 23.9 Å². The summed E-state index contributed by atoms with van der Waals surface area (Å²) >= 11 is 1.43. The molecule has 6 nitrogen and oxygen atoms in total. The molecule has 0 spiro atoms. The van der Waals surface area contributed by atoms with Gasteiger partial charge in [0.15, 0.2) is 5.13 Å². The quantitative estimate of drug-likeness (QED) is 0.800. The number of nitrogens with one attached hydrogen (secondary N) is 2. The van der Waals surface area contributed by atoms with Crippen molar-refractivity contribution in [2.45, 2.75) is 53.2 Å². The minimum Gasteiger partial charge on any atom is -0.353 e. The van der Waals surface area contributed by atoms with Crippen molar-refractivity contribution in [3.63, 3.8) is 0 Å². The van der Waals surface area contributed by atoms with Crippen LogP contribution in [0.25, 0.3) is 0 Å². The minimum atomic E-state index is -0.285. The van der Waals surface area contributed by atoms with Crippen molar-refractivity contribution in [2.24, 2.45) is 0 Å². The van der Waals surface area contributed by atoms with Crippen LogP contribution in [0.1, 0.15) is 40.3 Å². The normalized spacial score (nSPS) is 12.3. The molecule has 7 heteroatoms. The van der Waals surface area contributed by atoms with Gasteiger partial charge in [0.1, 0.15) is 0 Å². The van der Waals surface area contributed by atoms with E-state index in [4.69, 9.17) is 0 Å². The highest BCUT2D eigenvalue weighted by atomic mass is 32.1. The first-order chi connectivity index (χ1) is 9.85. The van der Waals surface area contributed by atoms with Crippen molar-refractivity contribution < 1.29 is 9.59 Å².